The fourth-order valence-electron chi connectivity index (χ4n) is 3.26. The first-order valence-electron chi connectivity index (χ1n) is 5.91. The summed E-state index contributed by atoms with van der Waals surface area (Å²) in [6, 6.07) is 0. The number of carbonyl (C=O) groups is 2. The Morgan fingerprint density at radius 3 is 2.75 bits per heavy atom. The minimum Gasteiger partial charge on any atom is -0.468 e. The van der Waals surface area contributed by atoms with Crippen LogP contribution >= 0.6 is 0 Å². The van der Waals surface area contributed by atoms with Gasteiger partial charge in [-0.1, -0.05) is 12.2 Å². The van der Waals surface area contributed by atoms with Crippen LogP contribution in [-0.4, -0.2) is 18.9 Å². The Morgan fingerprint density at radius 1 is 1.44 bits per heavy atom. The lowest BCUT2D eigenvalue weighted by atomic mass is 9.70. The first kappa shape index (κ1) is 11.4. The van der Waals surface area contributed by atoms with Crippen molar-refractivity contribution < 1.29 is 14.3 Å². The number of fused-ring (bicyclic) bond motifs is 2. The molecule has 2 saturated carbocycles. The fourth-order valence-corrected chi connectivity index (χ4v) is 3.26. The molecule has 0 unspecified atom stereocenters. The fraction of sp³-hybridized carbons (Fsp3) is 0.692. The Labute approximate surface area is 95.9 Å². The first-order chi connectivity index (χ1) is 7.65. The molecule has 0 heterocycles. The van der Waals surface area contributed by atoms with Gasteiger partial charge in [-0.2, -0.15) is 0 Å². The van der Waals surface area contributed by atoms with Crippen molar-refractivity contribution in [3.63, 3.8) is 0 Å². The number of allylic oxidation sites excluding steroid dienone is 2. The molecule has 2 bridgehead atoms. The van der Waals surface area contributed by atoms with Crippen LogP contribution in [0.4, 0.5) is 0 Å². The highest BCUT2D eigenvalue weighted by atomic mass is 16.5. The Bertz CT molecular complexity index is 345. The van der Waals surface area contributed by atoms with Crippen LogP contribution in [-0.2, 0) is 14.3 Å². The van der Waals surface area contributed by atoms with Gasteiger partial charge in [0.25, 0.3) is 0 Å². The van der Waals surface area contributed by atoms with Crippen molar-refractivity contribution in [2.45, 2.75) is 32.6 Å². The minimum atomic E-state index is -0.794. The van der Waals surface area contributed by atoms with Gasteiger partial charge in [0.1, 0.15) is 5.41 Å². The second kappa shape index (κ2) is 4.04. The van der Waals surface area contributed by atoms with Gasteiger partial charge in [0.2, 0.25) is 0 Å². The van der Waals surface area contributed by atoms with E-state index in [1.165, 1.54) is 7.11 Å². The maximum Gasteiger partial charge on any atom is 0.319 e. The standard InChI is InChI=1S/C13H18O3/c1-3-4-9-5-7-13(12(15)16-2)8-6-10(9)11(13)14/h3-4,9-10H,5-8H2,1-2H3/b4-3+/t9-,10-,13+/m1/s1. The first-order valence-corrected chi connectivity index (χ1v) is 5.91. The van der Waals surface area contributed by atoms with Crippen molar-refractivity contribution in [3.8, 4) is 0 Å². The zero-order chi connectivity index (χ0) is 11.8. The molecule has 3 heteroatoms. The van der Waals surface area contributed by atoms with Gasteiger partial charge >= 0.3 is 5.97 Å². The molecule has 0 radical (unpaired) electrons. The third-order valence-corrected chi connectivity index (χ3v) is 4.13. The third kappa shape index (κ3) is 1.41. The van der Waals surface area contributed by atoms with E-state index >= 15 is 0 Å². The van der Waals surface area contributed by atoms with Crippen LogP contribution in [0.1, 0.15) is 32.6 Å². The van der Waals surface area contributed by atoms with Gasteiger partial charge in [0, 0.05) is 5.92 Å². The lowest BCUT2D eigenvalue weighted by Crippen LogP contribution is -2.43. The molecule has 2 aliphatic rings. The molecule has 0 amide bonds. The van der Waals surface area contributed by atoms with Crippen LogP contribution in [0.3, 0.4) is 0 Å². The Balaban J connectivity index is 2.25. The molecule has 16 heavy (non-hydrogen) atoms. The van der Waals surface area contributed by atoms with Crippen LogP contribution in [0.15, 0.2) is 12.2 Å². The predicted octanol–water partition coefficient (Wildman–Crippen LogP) is 2.11. The van der Waals surface area contributed by atoms with Gasteiger partial charge in [0.05, 0.1) is 7.11 Å². The molecule has 0 spiro atoms. The summed E-state index contributed by atoms with van der Waals surface area (Å²) in [5.41, 5.74) is -0.794. The van der Waals surface area contributed by atoms with E-state index in [0.29, 0.717) is 18.8 Å². The average molecular weight is 222 g/mol. The minimum absolute atomic E-state index is 0.0454. The second-order valence-corrected chi connectivity index (χ2v) is 4.81. The zero-order valence-corrected chi connectivity index (χ0v) is 9.86. The average Bonchev–Trinajstić information content (AvgIpc) is 2.50. The SMILES string of the molecule is C/C=C/[C@@H]1CC[C@]2(C(=O)OC)CC[C@H]1C2=O. The number of ether oxygens (including phenoxy) is 1. The molecule has 2 rings (SSSR count). The van der Waals surface area contributed by atoms with E-state index < -0.39 is 5.41 Å². The molecule has 2 fully saturated rings. The van der Waals surface area contributed by atoms with E-state index in [-0.39, 0.29) is 17.7 Å². The quantitative estimate of drug-likeness (QED) is 0.408. The molecule has 0 aromatic rings. The van der Waals surface area contributed by atoms with Gasteiger partial charge in [-0.25, -0.2) is 0 Å². The summed E-state index contributed by atoms with van der Waals surface area (Å²) in [5.74, 6) is 0.175. The van der Waals surface area contributed by atoms with E-state index in [4.69, 9.17) is 4.74 Å². The molecule has 88 valence electrons. The van der Waals surface area contributed by atoms with Crippen molar-refractivity contribution in [2.24, 2.45) is 17.3 Å². The van der Waals surface area contributed by atoms with Crippen LogP contribution in [0, 0.1) is 17.3 Å². The van der Waals surface area contributed by atoms with Crippen molar-refractivity contribution in [1.82, 2.24) is 0 Å². The van der Waals surface area contributed by atoms with Crippen molar-refractivity contribution in [3.05, 3.63) is 12.2 Å². The van der Waals surface area contributed by atoms with Gasteiger partial charge in [-0.05, 0) is 38.5 Å². The van der Waals surface area contributed by atoms with E-state index in [2.05, 4.69) is 6.08 Å². The molecule has 0 N–H and O–H groups in total. The van der Waals surface area contributed by atoms with E-state index in [0.717, 1.165) is 12.8 Å². The summed E-state index contributed by atoms with van der Waals surface area (Å²) in [4.78, 5) is 24.0. The van der Waals surface area contributed by atoms with Crippen LogP contribution < -0.4 is 0 Å². The number of carbonyl (C=O) groups excluding carboxylic acids is 2. The molecule has 3 atom stereocenters. The molecular formula is C13H18O3. The third-order valence-electron chi connectivity index (χ3n) is 4.13. The summed E-state index contributed by atoms with van der Waals surface area (Å²) in [6.45, 7) is 1.97. The van der Waals surface area contributed by atoms with Crippen LogP contribution in [0.5, 0.6) is 0 Å². The monoisotopic (exact) mass is 222 g/mol. The normalized spacial score (nSPS) is 38.0. The van der Waals surface area contributed by atoms with Crippen molar-refractivity contribution in [2.75, 3.05) is 7.11 Å². The van der Waals surface area contributed by atoms with Crippen molar-refractivity contribution in [1.29, 1.82) is 0 Å². The number of rotatable bonds is 2. The highest BCUT2D eigenvalue weighted by Gasteiger charge is 2.58. The van der Waals surface area contributed by atoms with Gasteiger partial charge in [-0.15, -0.1) is 0 Å². The number of ketones is 1. The second-order valence-electron chi connectivity index (χ2n) is 4.81. The molecule has 0 aromatic carbocycles. The predicted molar refractivity (Wildman–Crippen MR) is 59.7 cm³/mol. The highest BCUT2D eigenvalue weighted by molar-refractivity contribution is 6.07. The highest BCUT2D eigenvalue weighted by Crippen LogP contribution is 2.51. The van der Waals surface area contributed by atoms with Crippen LogP contribution in [0.25, 0.3) is 0 Å². The van der Waals surface area contributed by atoms with E-state index in [1.807, 2.05) is 13.0 Å². The largest absolute Gasteiger partial charge is 0.468 e. The lowest BCUT2D eigenvalue weighted by Gasteiger charge is -2.32. The maximum absolute atomic E-state index is 12.3. The molecular weight excluding hydrogens is 204 g/mol. The summed E-state index contributed by atoms with van der Waals surface area (Å²) < 4.78 is 4.80. The van der Waals surface area contributed by atoms with Gasteiger partial charge in [0.15, 0.2) is 5.78 Å². The number of hydrogen-bond acceptors (Lipinski definition) is 3. The van der Waals surface area contributed by atoms with Gasteiger partial charge < -0.3 is 4.74 Å². The number of esters is 1. The van der Waals surface area contributed by atoms with E-state index in [1.54, 1.807) is 0 Å². The molecule has 3 nitrogen and oxygen atoms in total. The zero-order valence-electron chi connectivity index (χ0n) is 9.86. The lowest BCUT2D eigenvalue weighted by molar-refractivity contribution is -0.159. The Hall–Kier alpha value is -1.12. The Kier molecular flexibility index (Phi) is 2.87. The number of hydrogen-bond donors (Lipinski definition) is 0. The summed E-state index contributed by atoms with van der Waals surface area (Å²) in [5, 5.41) is 0. The van der Waals surface area contributed by atoms with Gasteiger partial charge in [-0.3, -0.25) is 9.59 Å². The Morgan fingerprint density at radius 2 is 2.12 bits per heavy atom. The molecule has 2 aliphatic carbocycles. The number of methoxy groups -OCH3 is 1. The summed E-state index contributed by atoms with van der Waals surface area (Å²) >= 11 is 0. The van der Waals surface area contributed by atoms with Crippen LogP contribution in [0.2, 0.25) is 0 Å². The molecule has 0 aliphatic heterocycles. The summed E-state index contributed by atoms with van der Waals surface area (Å²) in [6.07, 6.45) is 7.20. The summed E-state index contributed by atoms with van der Waals surface area (Å²) in [7, 11) is 1.37. The van der Waals surface area contributed by atoms with Crippen molar-refractivity contribution >= 4 is 11.8 Å². The maximum atomic E-state index is 12.3. The molecule has 0 aromatic heterocycles. The topological polar surface area (TPSA) is 43.4 Å². The van der Waals surface area contributed by atoms with E-state index in [9.17, 15) is 9.59 Å². The molecule has 0 saturated heterocycles. The smallest absolute Gasteiger partial charge is 0.319 e. The number of Topliss-reactive ketones (excluding diaryl/α,β-unsaturated/α-hetero) is 1.